The summed E-state index contributed by atoms with van der Waals surface area (Å²) in [7, 11) is 0. The normalized spacial score (nSPS) is 9.76. The molecule has 0 aliphatic heterocycles. The Morgan fingerprint density at radius 3 is 1.53 bits per heavy atom. The molecule has 0 atom stereocenters. The summed E-state index contributed by atoms with van der Waals surface area (Å²) in [5.74, 6) is -2.51. The average Bonchev–Trinajstić information content (AvgIpc) is 2.27. The number of aliphatic carboxylic acids is 2. The Labute approximate surface area is 113 Å². The smallest absolute Gasteiger partial charge is 0.328 e. The van der Waals surface area contributed by atoms with Gasteiger partial charge in [0.2, 0.25) is 0 Å². The van der Waals surface area contributed by atoms with Crippen molar-refractivity contribution >= 4 is 33.1 Å². The van der Waals surface area contributed by atoms with Crippen LogP contribution in [-0.2, 0) is 9.59 Å². The number of rotatable bonds is 8. The minimum Gasteiger partial charge on any atom is -0.478 e. The van der Waals surface area contributed by atoms with Crippen molar-refractivity contribution in [2.24, 2.45) is 0 Å². The summed E-state index contributed by atoms with van der Waals surface area (Å²) in [6, 6.07) is 0. The molecule has 5 heteroatoms. The predicted octanol–water partition coefficient (Wildman–Crippen LogP) is 2.30. The predicted molar refractivity (Wildman–Crippen MR) is 72.4 cm³/mol. The Morgan fingerprint density at radius 2 is 1.29 bits per heavy atom. The van der Waals surface area contributed by atoms with Gasteiger partial charge >= 0.3 is 81.5 Å². The monoisotopic (exact) mass is 352 g/mol. The molecule has 0 saturated carbocycles. The molecule has 4 nitrogen and oxygen atoms in total. The summed E-state index contributed by atoms with van der Waals surface area (Å²) < 4.78 is 3.33. The van der Waals surface area contributed by atoms with E-state index in [1.807, 2.05) is 0 Å². The van der Waals surface area contributed by atoms with Crippen LogP contribution in [0.25, 0.3) is 0 Å². The van der Waals surface area contributed by atoms with Crippen LogP contribution in [0.3, 0.4) is 0 Å². The summed E-state index contributed by atoms with van der Waals surface area (Å²) in [5.41, 5.74) is 0. The van der Waals surface area contributed by atoms with E-state index in [0.717, 1.165) is 0 Å². The van der Waals surface area contributed by atoms with Crippen molar-refractivity contribution in [1.29, 1.82) is 0 Å². The minimum atomic E-state index is -1.26. The van der Waals surface area contributed by atoms with Crippen LogP contribution in [0.5, 0.6) is 0 Å². The van der Waals surface area contributed by atoms with E-state index in [9.17, 15) is 9.59 Å². The fraction of sp³-hybridized carbons (Fsp3) is 0.667. The van der Waals surface area contributed by atoms with Crippen molar-refractivity contribution in [2.45, 2.75) is 48.4 Å². The molecule has 0 rings (SSSR count). The van der Waals surface area contributed by atoms with Crippen LogP contribution in [-0.4, -0.2) is 43.3 Å². The molecule has 0 bridgehead atoms. The number of unbranched alkanes of at least 4 members (excludes halogenated alkanes) is 2. The van der Waals surface area contributed by atoms with Crippen LogP contribution in [0, 0.1) is 0 Å². The zero-order valence-corrected chi connectivity index (χ0v) is 14.9. The number of hydrogen-bond donors (Lipinski definition) is 2. The third-order valence-electron chi connectivity index (χ3n) is 2.08. The fourth-order valence-electron chi connectivity index (χ4n) is 1.17. The van der Waals surface area contributed by atoms with Crippen LogP contribution in [0.2, 0.25) is 8.87 Å². The molecule has 100 valence electrons. The topological polar surface area (TPSA) is 74.6 Å². The number of carboxylic acids is 2. The molecule has 0 aromatic rings. The van der Waals surface area contributed by atoms with Gasteiger partial charge in [-0.05, 0) is 0 Å². The van der Waals surface area contributed by atoms with Crippen molar-refractivity contribution in [3.8, 4) is 0 Å². The Morgan fingerprint density at radius 1 is 0.941 bits per heavy atom. The van der Waals surface area contributed by atoms with Crippen molar-refractivity contribution in [1.82, 2.24) is 0 Å². The number of hydrogen-bond acceptors (Lipinski definition) is 2. The Kier molecular flexibility index (Phi) is 17.1. The van der Waals surface area contributed by atoms with E-state index in [-0.39, 0.29) is 21.1 Å². The fourth-order valence-corrected chi connectivity index (χ4v) is 7.05. The summed E-state index contributed by atoms with van der Waals surface area (Å²) in [5, 5.41) is 15.6. The van der Waals surface area contributed by atoms with Gasteiger partial charge in [-0.1, -0.05) is 0 Å². The molecule has 0 spiro atoms. The van der Waals surface area contributed by atoms with E-state index in [2.05, 4.69) is 13.8 Å². The largest absolute Gasteiger partial charge is 0.478 e. The van der Waals surface area contributed by atoms with Gasteiger partial charge in [0.15, 0.2) is 0 Å². The van der Waals surface area contributed by atoms with Gasteiger partial charge < -0.3 is 10.2 Å². The van der Waals surface area contributed by atoms with Crippen LogP contribution >= 0.6 is 0 Å². The van der Waals surface area contributed by atoms with Gasteiger partial charge in [0.25, 0.3) is 0 Å². The molecule has 0 heterocycles. The molecule has 0 radical (unpaired) electrons. The quantitative estimate of drug-likeness (QED) is 0.400. The van der Waals surface area contributed by atoms with Gasteiger partial charge in [-0.2, -0.15) is 0 Å². The molecule has 2 N–H and O–H groups in total. The SMILES string of the molecule is CCC[CH2][SnH2][CH2]CCC.O=C(O)/C=C\C(=O)O. The Bertz CT molecular complexity index is 205. The minimum absolute atomic E-state index is 0.159. The van der Waals surface area contributed by atoms with Gasteiger partial charge in [0, 0.05) is 12.2 Å². The molecule has 0 fully saturated rings. The molecule has 0 unspecified atom stereocenters. The van der Waals surface area contributed by atoms with Crippen molar-refractivity contribution in [3.05, 3.63) is 12.2 Å². The summed E-state index contributed by atoms with van der Waals surface area (Å²) in [6.45, 7) is 4.59. The van der Waals surface area contributed by atoms with Crippen LogP contribution in [0.15, 0.2) is 12.2 Å². The van der Waals surface area contributed by atoms with Gasteiger partial charge in [-0.3, -0.25) is 0 Å². The third kappa shape index (κ3) is 25.6. The van der Waals surface area contributed by atoms with Gasteiger partial charge in [-0.15, -0.1) is 0 Å². The van der Waals surface area contributed by atoms with E-state index in [1.165, 1.54) is 25.7 Å². The van der Waals surface area contributed by atoms with E-state index < -0.39 is 11.9 Å². The molecule has 0 amide bonds. The van der Waals surface area contributed by atoms with E-state index in [1.54, 1.807) is 8.87 Å². The number of carboxylic acid groups (broad SMARTS) is 2. The summed E-state index contributed by atoms with van der Waals surface area (Å²) in [6.07, 6.45) is 7.01. The molecule has 0 aromatic carbocycles. The first-order chi connectivity index (χ1) is 8.04. The van der Waals surface area contributed by atoms with Crippen molar-refractivity contribution in [2.75, 3.05) is 0 Å². The molecule has 0 aromatic heterocycles. The first-order valence-electron chi connectivity index (χ1n) is 6.18. The first kappa shape index (κ1) is 18.8. The maximum atomic E-state index is 9.55. The van der Waals surface area contributed by atoms with Gasteiger partial charge in [0.1, 0.15) is 0 Å². The maximum absolute atomic E-state index is 9.55. The molecule has 17 heavy (non-hydrogen) atoms. The number of carbonyl (C=O) groups is 2. The molecule has 0 aliphatic rings. The second-order valence-electron chi connectivity index (χ2n) is 3.78. The maximum Gasteiger partial charge on any atom is 0.328 e. The molecule has 0 aliphatic carbocycles. The standard InChI is InChI=1S/C4H4O4.2C4H9.Sn.2H/c5-3(6)1-2-4(7)8;2*1-3-4-2;;;/h1-2H,(H,5,6)(H,7,8);2*1,3-4H2,2H3;;;/b2-1-;;;;;. The second-order valence-corrected chi connectivity index (χ2v) is 9.83. The van der Waals surface area contributed by atoms with Crippen LogP contribution in [0.1, 0.15) is 39.5 Å². The third-order valence-corrected chi connectivity index (χ3v) is 7.78. The van der Waals surface area contributed by atoms with Crippen molar-refractivity contribution < 1.29 is 19.8 Å². The van der Waals surface area contributed by atoms with Gasteiger partial charge in [-0.25, -0.2) is 9.59 Å². The van der Waals surface area contributed by atoms with E-state index in [4.69, 9.17) is 10.2 Å². The summed E-state index contributed by atoms with van der Waals surface area (Å²) >= 11 is -0.159. The summed E-state index contributed by atoms with van der Waals surface area (Å²) in [4.78, 5) is 19.1. The first-order valence-corrected chi connectivity index (χ1v) is 11.9. The molecular weight excluding hydrogens is 327 g/mol. The molecule has 0 saturated heterocycles. The Balaban J connectivity index is 0. The second kappa shape index (κ2) is 15.5. The zero-order chi connectivity index (χ0) is 13.5. The van der Waals surface area contributed by atoms with E-state index in [0.29, 0.717) is 12.2 Å². The zero-order valence-electron chi connectivity index (χ0n) is 10.8. The Hall–Kier alpha value is -0.521. The van der Waals surface area contributed by atoms with Crippen LogP contribution in [0.4, 0.5) is 0 Å². The van der Waals surface area contributed by atoms with E-state index >= 15 is 0 Å². The average molecular weight is 351 g/mol. The molecular formula is C12H24O4Sn. The van der Waals surface area contributed by atoms with Crippen molar-refractivity contribution in [3.63, 3.8) is 0 Å². The van der Waals surface area contributed by atoms with Crippen LogP contribution < -0.4 is 0 Å². The van der Waals surface area contributed by atoms with Gasteiger partial charge in [0.05, 0.1) is 0 Å².